The Morgan fingerprint density at radius 2 is 1.71 bits per heavy atom. The molecule has 5 aliphatic rings. The molecule has 5 rings (SSSR count). The zero-order valence-corrected chi connectivity index (χ0v) is 25.5. The molecule has 1 aliphatic heterocycles. The van der Waals surface area contributed by atoms with Crippen LogP contribution < -0.4 is 0 Å². The first-order valence-corrected chi connectivity index (χ1v) is 16.5. The van der Waals surface area contributed by atoms with Gasteiger partial charge in [-0.1, -0.05) is 33.6 Å². The summed E-state index contributed by atoms with van der Waals surface area (Å²) in [4.78, 5) is 35.7. The number of fused-ring (bicyclic) bond motifs is 5. The molecule has 0 amide bonds. The van der Waals surface area contributed by atoms with Crippen LogP contribution in [0.15, 0.2) is 11.6 Å². The van der Waals surface area contributed by atoms with E-state index in [0.29, 0.717) is 43.8 Å². The van der Waals surface area contributed by atoms with Crippen molar-refractivity contribution in [2.24, 2.45) is 34.5 Å². The molecular formula is C34H52O7. The number of hydrogen-bond donors (Lipinski definition) is 2. The van der Waals surface area contributed by atoms with Gasteiger partial charge in [-0.15, -0.1) is 0 Å². The van der Waals surface area contributed by atoms with Gasteiger partial charge in [0.05, 0.1) is 17.8 Å². The number of esters is 1. The summed E-state index contributed by atoms with van der Waals surface area (Å²) in [7, 11) is 0. The molecule has 230 valence electrons. The zero-order chi connectivity index (χ0) is 29.4. The van der Waals surface area contributed by atoms with Crippen molar-refractivity contribution in [3.05, 3.63) is 11.6 Å². The summed E-state index contributed by atoms with van der Waals surface area (Å²) < 4.78 is 11.4. The highest BCUT2D eigenvalue weighted by atomic mass is 16.5. The lowest BCUT2D eigenvalue weighted by Crippen LogP contribution is -2.67. The van der Waals surface area contributed by atoms with Gasteiger partial charge in [0.25, 0.3) is 0 Å². The number of cyclic esters (lactones) is 1. The fourth-order valence-electron chi connectivity index (χ4n) is 9.96. The molecule has 9 atom stereocenters. The fraction of sp³-hybridized carbons (Fsp3) is 0.853. The van der Waals surface area contributed by atoms with Crippen molar-refractivity contribution < 1.29 is 34.1 Å². The highest BCUT2D eigenvalue weighted by Crippen LogP contribution is 2.70. The smallest absolute Gasteiger partial charge is 0.331 e. The number of aliphatic hydroxyl groups excluding tert-OH is 1. The van der Waals surface area contributed by atoms with Crippen LogP contribution in [-0.4, -0.2) is 58.8 Å². The van der Waals surface area contributed by atoms with Gasteiger partial charge in [0.15, 0.2) is 5.78 Å². The number of carbonyl (C=O) groups is 3. The van der Waals surface area contributed by atoms with E-state index in [0.717, 1.165) is 69.8 Å². The molecule has 0 aromatic heterocycles. The molecule has 1 heterocycles. The lowest BCUT2D eigenvalue weighted by molar-refractivity contribution is -0.245. The van der Waals surface area contributed by atoms with Crippen molar-refractivity contribution in [1.82, 2.24) is 0 Å². The summed E-state index contributed by atoms with van der Waals surface area (Å²) in [5.41, 5.74) is -0.661. The summed E-state index contributed by atoms with van der Waals surface area (Å²) in [5, 5.41) is 24.1. The molecule has 4 saturated carbocycles. The van der Waals surface area contributed by atoms with E-state index in [9.17, 15) is 24.6 Å². The monoisotopic (exact) mass is 572 g/mol. The van der Waals surface area contributed by atoms with E-state index in [-0.39, 0.29) is 54.2 Å². The number of carbonyl (C=O) groups excluding carboxylic acids is 3. The number of rotatable bonds is 12. The maximum Gasteiger partial charge on any atom is 0.331 e. The summed E-state index contributed by atoms with van der Waals surface area (Å²) in [5.74, 6) is 0.992. The van der Waals surface area contributed by atoms with Crippen molar-refractivity contribution in [3.8, 4) is 0 Å². The Morgan fingerprint density at radius 1 is 0.976 bits per heavy atom. The van der Waals surface area contributed by atoms with Crippen LogP contribution in [0.3, 0.4) is 0 Å². The number of aliphatic hydroxyl groups is 2. The van der Waals surface area contributed by atoms with E-state index in [1.807, 2.05) is 6.92 Å². The van der Waals surface area contributed by atoms with Gasteiger partial charge in [0, 0.05) is 30.8 Å². The first kappa shape index (κ1) is 30.9. The van der Waals surface area contributed by atoms with Gasteiger partial charge < -0.3 is 19.7 Å². The van der Waals surface area contributed by atoms with E-state index in [2.05, 4.69) is 13.8 Å². The van der Waals surface area contributed by atoms with Crippen LogP contribution >= 0.6 is 0 Å². The molecule has 4 aliphatic carbocycles. The maximum atomic E-state index is 12.5. The number of unbranched alkanes of at least 4 members (excludes halogenated alkanes) is 3. The van der Waals surface area contributed by atoms with Gasteiger partial charge >= 0.3 is 5.97 Å². The normalized spacial score (nSPS) is 41.7. The highest BCUT2D eigenvalue weighted by Gasteiger charge is 2.70. The van der Waals surface area contributed by atoms with Crippen LogP contribution in [0, 0.1) is 34.5 Å². The van der Waals surface area contributed by atoms with Gasteiger partial charge in [-0.2, -0.15) is 0 Å². The van der Waals surface area contributed by atoms with Crippen LogP contribution in [0.4, 0.5) is 0 Å². The van der Waals surface area contributed by atoms with Gasteiger partial charge in [-0.05, 0) is 98.9 Å². The summed E-state index contributed by atoms with van der Waals surface area (Å²) >= 11 is 0. The van der Waals surface area contributed by atoms with Crippen molar-refractivity contribution in [3.63, 3.8) is 0 Å². The molecule has 41 heavy (non-hydrogen) atoms. The molecule has 0 spiro atoms. The molecule has 0 saturated heterocycles. The minimum Gasteiger partial charge on any atom is -0.458 e. The zero-order valence-electron chi connectivity index (χ0n) is 25.5. The minimum atomic E-state index is -0.953. The van der Waals surface area contributed by atoms with Gasteiger partial charge in [0.1, 0.15) is 19.0 Å². The average Bonchev–Trinajstić information content (AvgIpc) is 3.50. The second-order valence-electron chi connectivity index (χ2n) is 14.4. The Labute approximate surface area is 245 Å². The van der Waals surface area contributed by atoms with Crippen LogP contribution in [0.5, 0.6) is 0 Å². The third kappa shape index (κ3) is 5.60. The van der Waals surface area contributed by atoms with E-state index in [4.69, 9.17) is 9.47 Å². The second-order valence-corrected chi connectivity index (χ2v) is 14.4. The quantitative estimate of drug-likeness (QED) is 0.235. The van der Waals surface area contributed by atoms with Crippen molar-refractivity contribution in [1.29, 1.82) is 0 Å². The second kappa shape index (κ2) is 12.2. The van der Waals surface area contributed by atoms with Crippen molar-refractivity contribution in [2.75, 3.05) is 13.2 Å². The van der Waals surface area contributed by atoms with E-state index in [1.165, 1.54) is 0 Å². The minimum absolute atomic E-state index is 0.0348. The lowest BCUT2D eigenvalue weighted by Gasteiger charge is -2.65. The first-order chi connectivity index (χ1) is 19.5. The number of ketones is 2. The third-order valence-corrected chi connectivity index (χ3v) is 12.6. The molecule has 0 aromatic carbocycles. The van der Waals surface area contributed by atoms with Crippen LogP contribution in [0.25, 0.3) is 0 Å². The largest absolute Gasteiger partial charge is 0.458 e. The van der Waals surface area contributed by atoms with E-state index < -0.39 is 17.1 Å². The Bertz CT molecular complexity index is 1040. The predicted octanol–water partition coefficient (Wildman–Crippen LogP) is 5.49. The molecular weight excluding hydrogens is 520 g/mol. The topological polar surface area (TPSA) is 110 Å². The molecule has 0 aromatic rings. The Morgan fingerprint density at radius 3 is 2.39 bits per heavy atom. The Kier molecular flexibility index (Phi) is 9.19. The lowest BCUT2D eigenvalue weighted by atomic mass is 9.42. The number of ether oxygens (including phenoxy) is 2. The molecule has 0 bridgehead atoms. The van der Waals surface area contributed by atoms with Gasteiger partial charge in [0.2, 0.25) is 0 Å². The van der Waals surface area contributed by atoms with Crippen LogP contribution in [0.2, 0.25) is 0 Å². The highest BCUT2D eigenvalue weighted by molar-refractivity contribution is 5.85. The first-order valence-electron chi connectivity index (χ1n) is 16.5. The van der Waals surface area contributed by atoms with Gasteiger partial charge in [-0.25, -0.2) is 4.79 Å². The fourth-order valence-corrected chi connectivity index (χ4v) is 9.96. The van der Waals surface area contributed by atoms with Gasteiger partial charge in [-0.3, -0.25) is 9.59 Å². The van der Waals surface area contributed by atoms with Crippen LogP contribution in [-0.2, 0) is 23.9 Å². The average molecular weight is 573 g/mol. The van der Waals surface area contributed by atoms with Crippen molar-refractivity contribution >= 4 is 17.5 Å². The molecule has 2 N–H and O–H groups in total. The molecule has 7 heteroatoms. The SMILES string of the molecule is CCC(=O)CCCCCCC(=O)CO[C@H]1CC[C@@]2(C)[C@H](CC[C@@H]3[C@@H]2C[C@@H](O)[C@]2(C)[C@@H](C4=CC(=O)OC4)CC[C@]32O)C1. The summed E-state index contributed by atoms with van der Waals surface area (Å²) in [6, 6.07) is 0. The summed E-state index contributed by atoms with van der Waals surface area (Å²) in [6.07, 6.45) is 13.6. The summed E-state index contributed by atoms with van der Waals surface area (Å²) in [6.45, 7) is 6.80. The predicted molar refractivity (Wildman–Crippen MR) is 155 cm³/mol. The van der Waals surface area contributed by atoms with Crippen LogP contribution in [0.1, 0.15) is 117 Å². The maximum absolute atomic E-state index is 12.5. The molecule has 0 radical (unpaired) electrons. The Balaban J connectivity index is 1.14. The molecule has 7 nitrogen and oxygen atoms in total. The number of Topliss-reactive ketones (excluding diaryl/α,β-unsaturated/α-hetero) is 2. The number of hydrogen-bond acceptors (Lipinski definition) is 7. The molecule has 0 unspecified atom stereocenters. The Hall–Kier alpha value is -1.57. The standard InChI is InChI=1S/C34H52O7/c1-4-24(35)9-7-5-6-8-10-25(36)21-40-26-13-15-32(2)23(18-26)11-12-28-29(32)19-30(37)33(3)27(14-16-34(28,33)39)22-17-31(38)41-20-22/h17,23,26-30,37,39H,4-16,18-21H2,1-3H3/t23-,26+,27-,28-,29+,30-,32+,33+,34+/m1/s1. The molecule has 4 fully saturated rings. The van der Waals surface area contributed by atoms with E-state index in [1.54, 1.807) is 6.08 Å². The van der Waals surface area contributed by atoms with Crippen molar-refractivity contribution in [2.45, 2.75) is 135 Å². The third-order valence-electron chi connectivity index (χ3n) is 12.6. The van der Waals surface area contributed by atoms with E-state index >= 15 is 0 Å².